The fourth-order valence-corrected chi connectivity index (χ4v) is 3.73. The van der Waals surface area contributed by atoms with Crippen molar-refractivity contribution in [3.63, 3.8) is 0 Å². The van der Waals surface area contributed by atoms with E-state index in [2.05, 4.69) is 15.2 Å². The van der Waals surface area contributed by atoms with Gasteiger partial charge in [-0.05, 0) is 28.8 Å². The lowest BCUT2D eigenvalue weighted by molar-refractivity contribution is -0.137. The molecule has 0 unspecified atom stereocenters. The Bertz CT molecular complexity index is 1140. The van der Waals surface area contributed by atoms with Crippen LogP contribution in [-0.4, -0.2) is 29.9 Å². The van der Waals surface area contributed by atoms with E-state index < -0.39 is 33.0 Å². The lowest BCUT2D eigenvalue weighted by Crippen LogP contribution is -2.10. The molecule has 3 rings (SSSR count). The zero-order valence-corrected chi connectivity index (χ0v) is 15.9. The average molecular weight is 428 g/mol. The van der Waals surface area contributed by atoms with Gasteiger partial charge in [0.05, 0.1) is 11.3 Å². The number of benzene rings is 2. The summed E-state index contributed by atoms with van der Waals surface area (Å²) in [4.78, 5) is 3.81. The fourth-order valence-electron chi connectivity index (χ4n) is 2.93. The van der Waals surface area contributed by atoms with Crippen molar-refractivity contribution in [1.29, 1.82) is 0 Å². The van der Waals surface area contributed by atoms with Gasteiger partial charge in [-0.2, -0.15) is 18.2 Å². The topological polar surface area (TPSA) is 102 Å². The van der Waals surface area contributed by atoms with Crippen LogP contribution in [0.25, 0.3) is 11.1 Å². The minimum absolute atomic E-state index is 0.0115. The predicted octanol–water partition coefficient (Wildman–Crippen LogP) is 3.35. The van der Waals surface area contributed by atoms with E-state index in [9.17, 15) is 26.0 Å². The molecule has 0 spiro atoms. The Morgan fingerprint density at radius 3 is 2.28 bits per heavy atom. The van der Waals surface area contributed by atoms with E-state index in [1.807, 2.05) is 0 Å². The minimum atomic E-state index is -4.81. The van der Waals surface area contributed by atoms with Crippen molar-refractivity contribution in [3.8, 4) is 11.1 Å². The molecular formula is C18H16F4N4O2S. The quantitative estimate of drug-likeness (QED) is 0.607. The van der Waals surface area contributed by atoms with Gasteiger partial charge in [0.25, 0.3) is 0 Å². The summed E-state index contributed by atoms with van der Waals surface area (Å²) in [6.07, 6.45) is -3.88. The van der Waals surface area contributed by atoms with Crippen LogP contribution in [0.15, 0.2) is 36.4 Å². The molecule has 1 aromatic heterocycles. The molecule has 0 saturated carbocycles. The summed E-state index contributed by atoms with van der Waals surface area (Å²) >= 11 is 0. The smallest absolute Gasteiger partial charge is 0.367 e. The molecule has 0 saturated heterocycles. The number of aromatic nitrogens is 3. The van der Waals surface area contributed by atoms with Crippen molar-refractivity contribution in [2.45, 2.75) is 18.3 Å². The molecule has 0 atom stereocenters. The van der Waals surface area contributed by atoms with Gasteiger partial charge in [-0.3, -0.25) is 5.10 Å². The first-order valence-corrected chi connectivity index (χ1v) is 10.3. The van der Waals surface area contributed by atoms with Crippen molar-refractivity contribution in [2.24, 2.45) is 0 Å². The number of alkyl halides is 3. The number of nitrogen functional groups attached to an aromatic ring is 1. The van der Waals surface area contributed by atoms with Crippen LogP contribution in [0.1, 0.15) is 22.5 Å². The molecule has 0 aliphatic rings. The molecule has 29 heavy (non-hydrogen) atoms. The number of H-pyrrole nitrogens is 1. The first-order valence-electron chi connectivity index (χ1n) is 8.26. The van der Waals surface area contributed by atoms with Crippen LogP contribution in [0.3, 0.4) is 0 Å². The molecule has 0 aliphatic carbocycles. The van der Waals surface area contributed by atoms with Gasteiger partial charge in [0.1, 0.15) is 11.6 Å². The highest BCUT2D eigenvalue weighted by atomic mass is 32.2. The minimum Gasteiger partial charge on any atom is -0.367 e. The Balaban J connectivity index is 2.03. The number of halogens is 4. The average Bonchev–Trinajstić information content (AvgIpc) is 2.98. The molecule has 154 valence electrons. The maximum Gasteiger partial charge on any atom is 0.417 e. The number of rotatable bonds is 5. The van der Waals surface area contributed by atoms with Crippen molar-refractivity contribution in [1.82, 2.24) is 15.2 Å². The number of sulfone groups is 1. The third kappa shape index (κ3) is 5.11. The van der Waals surface area contributed by atoms with Crippen LogP contribution < -0.4 is 5.73 Å². The summed E-state index contributed by atoms with van der Waals surface area (Å²) in [6, 6.07) is 7.10. The van der Waals surface area contributed by atoms with Gasteiger partial charge in [-0.25, -0.2) is 12.8 Å². The van der Waals surface area contributed by atoms with E-state index in [1.165, 1.54) is 24.3 Å². The lowest BCUT2D eigenvalue weighted by Gasteiger charge is -2.16. The molecule has 0 radical (unpaired) electrons. The van der Waals surface area contributed by atoms with E-state index in [1.54, 1.807) is 0 Å². The number of aromatic amines is 1. The predicted molar refractivity (Wildman–Crippen MR) is 99.0 cm³/mol. The van der Waals surface area contributed by atoms with Gasteiger partial charge in [0.2, 0.25) is 5.95 Å². The van der Waals surface area contributed by atoms with Crippen molar-refractivity contribution < 1.29 is 26.0 Å². The first kappa shape index (κ1) is 20.8. The largest absolute Gasteiger partial charge is 0.417 e. The van der Waals surface area contributed by atoms with Gasteiger partial charge in [-0.15, -0.1) is 5.10 Å². The molecule has 0 aliphatic heterocycles. The molecular weight excluding hydrogens is 412 g/mol. The maximum absolute atomic E-state index is 14.7. The second-order valence-corrected chi connectivity index (χ2v) is 8.72. The Hall–Kier alpha value is -2.95. The number of hydrogen-bond acceptors (Lipinski definition) is 5. The normalized spacial score (nSPS) is 12.3. The molecule has 6 nitrogen and oxygen atoms in total. The second-order valence-electron chi connectivity index (χ2n) is 6.58. The van der Waals surface area contributed by atoms with Crippen LogP contribution >= 0.6 is 0 Å². The zero-order valence-electron chi connectivity index (χ0n) is 15.1. The standard InChI is InChI=1S/C18H16F4N4O2S/c1-29(27,28)9-10-2-4-12(5-3-10)16-13(18(20,21)22)6-11(7-14(16)19)8-15-24-17(23)26-25-15/h2-7H,8-9H2,1H3,(H3,23,24,25,26). The molecule has 0 fully saturated rings. The molecule has 0 amide bonds. The van der Waals surface area contributed by atoms with Gasteiger partial charge in [0.15, 0.2) is 9.84 Å². The Morgan fingerprint density at radius 2 is 1.76 bits per heavy atom. The van der Waals surface area contributed by atoms with Crippen LogP contribution in [-0.2, 0) is 28.2 Å². The van der Waals surface area contributed by atoms with E-state index >= 15 is 0 Å². The van der Waals surface area contributed by atoms with E-state index in [-0.39, 0.29) is 35.1 Å². The van der Waals surface area contributed by atoms with Crippen LogP contribution in [0, 0.1) is 5.82 Å². The summed E-state index contributed by atoms with van der Waals surface area (Å²) in [7, 11) is -3.30. The lowest BCUT2D eigenvalue weighted by atomic mass is 9.94. The highest BCUT2D eigenvalue weighted by Crippen LogP contribution is 2.39. The van der Waals surface area contributed by atoms with Crippen LogP contribution in [0.2, 0.25) is 0 Å². The monoisotopic (exact) mass is 428 g/mol. The third-order valence-corrected chi connectivity index (χ3v) is 4.91. The Labute approximate surface area is 163 Å². The Morgan fingerprint density at radius 1 is 1.10 bits per heavy atom. The maximum atomic E-state index is 14.7. The molecule has 0 bridgehead atoms. The summed E-state index contributed by atoms with van der Waals surface area (Å²) in [5.41, 5.74) is 4.04. The van der Waals surface area contributed by atoms with E-state index in [4.69, 9.17) is 5.73 Å². The summed E-state index contributed by atoms with van der Waals surface area (Å²) in [6.45, 7) is 0. The zero-order chi connectivity index (χ0) is 21.4. The third-order valence-electron chi connectivity index (χ3n) is 4.05. The number of anilines is 1. The molecule has 3 N–H and O–H groups in total. The van der Waals surface area contributed by atoms with Crippen LogP contribution in [0.4, 0.5) is 23.5 Å². The van der Waals surface area contributed by atoms with Crippen molar-refractivity contribution in [2.75, 3.05) is 12.0 Å². The van der Waals surface area contributed by atoms with Gasteiger partial charge in [0, 0.05) is 18.2 Å². The highest BCUT2D eigenvalue weighted by Gasteiger charge is 2.35. The highest BCUT2D eigenvalue weighted by molar-refractivity contribution is 7.89. The SMILES string of the molecule is CS(=O)(=O)Cc1ccc(-c2c(F)cc(Cc3nc(N)n[nH]3)cc2C(F)(F)F)cc1. The Kier molecular flexibility index (Phi) is 5.35. The van der Waals surface area contributed by atoms with E-state index in [0.717, 1.165) is 18.4 Å². The van der Waals surface area contributed by atoms with Gasteiger partial charge < -0.3 is 5.73 Å². The fraction of sp³-hybridized carbons (Fsp3) is 0.222. The molecule has 11 heteroatoms. The summed E-state index contributed by atoms with van der Waals surface area (Å²) in [5.74, 6) is -1.19. The van der Waals surface area contributed by atoms with Crippen LogP contribution in [0.5, 0.6) is 0 Å². The molecule has 3 aromatic rings. The number of nitrogens with zero attached hydrogens (tertiary/aromatic N) is 2. The number of hydrogen-bond donors (Lipinski definition) is 2. The summed E-state index contributed by atoms with van der Waals surface area (Å²) < 4.78 is 78.4. The van der Waals surface area contributed by atoms with Gasteiger partial charge in [-0.1, -0.05) is 24.3 Å². The molecule has 1 heterocycles. The number of nitrogens with one attached hydrogen (secondary N) is 1. The summed E-state index contributed by atoms with van der Waals surface area (Å²) in [5, 5.41) is 6.05. The first-order chi connectivity index (χ1) is 13.4. The van der Waals surface area contributed by atoms with E-state index in [0.29, 0.717) is 5.56 Å². The van der Waals surface area contributed by atoms with Crippen molar-refractivity contribution >= 4 is 15.8 Å². The molecule has 2 aromatic carbocycles. The second kappa shape index (κ2) is 7.47. The number of nitrogens with two attached hydrogens (primary N) is 1. The van der Waals surface area contributed by atoms with Crippen molar-refractivity contribution in [3.05, 3.63) is 64.7 Å². The van der Waals surface area contributed by atoms with Gasteiger partial charge >= 0.3 is 6.18 Å².